The van der Waals surface area contributed by atoms with Crippen LogP contribution in [0.5, 0.6) is 5.75 Å². The molecule has 1 aromatic rings. The average molecular weight is 255 g/mol. The second-order valence-electron chi connectivity index (χ2n) is 4.24. The molecular weight excluding hydrogens is 238 g/mol. The van der Waals surface area contributed by atoms with Crippen LogP contribution in [0.1, 0.15) is 12.5 Å². The van der Waals surface area contributed by atoms with Crippen LogP contribution in [0.4, 0.5) is 0 Å². The third-order valence-electron chi connectivity index (χ3n) is 2.93. The van der Waals surface area contributed by atoms with Crippen LogP contribution in [0, 0.1) is 5.92 Å². The van der Waals surface area contributed by atoms with Gasteiger partial charge in [0.25, 0.3) is 0 Å². The SMILES string of the molecule is CCS(=O)(=O)NC[C@H]1COc2ccccc2C1. The van der Waals surface area contributed by atoms with Crippen molar-refractivity contribution in [3.8, 4) is 5.75 Å². The van der Waals surface area contributed by atoms with Crippen LogP contribution in [0.25, 0.3) is 0 Å². The largest absolute Gasteiger partial charge is 0.493 e. The van der Waals surface area contributed by atoms with E-state index in [1.165, 1.54) is 0 Å². The van der Waals surface area contributed by atoms with E-state index < -0.39 is 10.0 Å². The van der Waals surface area contributed by atoms with Gasteiger partial charge in [0, 0.05) is 12.5 Å². The number of para-hydroxylation sites is 1. The molecule has 17 heavy (non-hydrogen) atoms. The Morgan fingerprint density at radius 1 is 1.41 bits per heavy atom. The van der Waals surface area contributed by atoms with Crippen LogP contribution in [0.3, 0.4) is 0 Å². The number of ether oxygens (including phenoxy) is 1. The van der Waals surface area contributed by atoms with Crippen molar-refractivity contribution in [3.63, 3.8) is 0 Å². The van der Waals surface area contributed by atoms with Gasteiger partial charge in [-0.15, -0.1) is 0 Å². The van der Waals surface area contributed by atoms with Crippen molar-refractivity contribution in [2.45, 2.75) is 13.3 Å². The van der Waals surface area contributed by atoms with Crippen LogP contribution >= 0.6 is 0 Å². The minimum atomic E-state index is -3.10. The van der Waals surface area contributed by atoms with E-state index in [-0.39, 0.29) is 11.7 Å². The molecule has 0 saturated heterocycles. The van der Waals surface area contributed by atoms with Crippen molar-refractivity contribution in [2.24, 2.45) is 5.92 Å². The van der Waals surface area contributed by atoms with Gasteiger partial charge in [-0.3, -0.25) is 0 Å². The Hall–Kier alpha value is -1.07. The summed E-state index contributed by atoms with van der Waals surface area (Å²) in [4.78, 5) is 0. The van der Waals surface area contributed by atoms with E-state index in [1.807, 2.05) is 24.3 Å². The summed E-state index contributed by atoms with van der Waals surface area (Å²) in [5.41, 5.74) is 1.15. The van der Waals surface area contributed by atoms with Gasteiger partial charge in [0.2, 0.25) is 10.0 Å². The summed E-state index contributed by atoms with van der Waals surface area (Å²) in [6.45, 7) is 2.66. The summed E-state index contributed by atoms with van der Waals surface area (Å²) in [5, 5.41) is 0. The lowest BCUT2D eigenvalue weighted by Gasteiger charge is -2.25. The molecule has 0 unspecified atom stereocenters. The molecule has 0 spiro atoms. The Balaban J connectivity index is 1.95. The normalized spacial score (nSPS) is 19.5. The van der Waals surface area contributed by atoms with Gasteiger partial charge in [0.1, 0.15) is 5.75 Å². The van der Waals surface area contributed by atoms with E-state index in [2.05, 4.69) is 4.72 Å². The number of nitrogens with one attached hydrogen (secondary N) is 1. The lowest BCUT2D eigenvalue weighted by Crippen LogP contribution is -2.35. The molecule has 5 heteroatoms. The summed E-state index contributed by atoms with van der Waals surface area (Å²) in [6.07, 6.45) is 0.863. The molecule has 1 aliphatic heterocycles. The summed E-state index contributed by atoms with van der Waals surface area (Å²) in [7, 11) is -3.10. The highest BCUT2D eigenvalue weighted by atomic mass is 32.2. The lowest BCUT2D eigenvalue weighted by atomic mass is 9.97. The number of sulfonamides is 1. The fraction of sp³-hybridized carbons (Fsp3) is 0.500. The molecule has 0 bridgehead atoms. The molecular formula is C12H17NO3S. The molecule has 1 aromatic carbocycles. The Morgan fingerprint density at radius 2 is 2.18 bits per heavy atom. The van der Waals surface area contributed by atoms with Crippen LogP contribution in [-0.4, -0.2) is 27.3 Å². The van der Waals surface area contributed by atoms with E-state index in [0.29, 0.717) is 13.2 Å². The quantitative estimate of drug-likeness (QED) is 0.879. The minimum Gasteiger partial charge on any atom is -0.493 e. The molecule has 1 heterocycles. The van der Waals surface area contributed by atoms with Crippen molar-refractivity contribution >= 4 is 10.0 Å². The zero-order valence-corrected chi connectivity index (χ0v) is 10.7. The molecule has 94 valence electrons. The van der Waals surface area contributed by atoms with Crippen molar-refractivity contribution in [2.75, 3.05) is 18.9 Å². The second-order valence-corrected chi connectivity index (χ2v) is 6.34. The summed E-state index contributed by atoms with van der Waals surface area (Å²) < 4.78 is 30.9. The Kier molecular flexibility index (Phi) is 3.69. The van der Waals surface area contributed by atoms with Gasteiger partial charge in [-0.05, 0) is 25.0 Å². The topological polar surface area (TPSA) is 55.4 Å². The number of benzene rings is 1. The lowest BCUT2D eigenvalue weighted by molar-refractivity contribution is 0.223. The van der Waals surface area contributed by atoms with Crippen molar-refractivity contribution < 1.29 is 13.2 Å². The molecule has 2 rings (SSSR count). The zero-order chi connectivity index (χ0) is 12.3. The van der Waals surface area contributed by atoms with Crippen LogP contribution in [0.2, 0.25) is 0 Å². The summed E-state index contributed by atoms with van der Waals surface area (Å²) in [5.74, 6) is 1.25. The molecule has 1 N–H and O–H groups in total. The van der Waals surface area contributed by atoms with Gasteiger partial charge >= 0.3 is 0 Å². The Labute approximate surface area is 102 Å². The maximum atomic E-state index is 11.3. The van der Waals surface area contributed by atoms with Gasteiger partial charge < -0.3 is 4.74 Å². The van der Waals surface area contributed by atoms with Crippen LogP contribution < -0.4 is 9.46 Å². The van der Waals surface area contributed by atoms with Gasteiger partial charge in [-0.1, -0.05) is 18.2 Å². The maximum Gasteiger partial charge on any atom is 0.211 e. The minimum absolute atomic E-state index is 0.122. The maximum absolute atomic E-state index is 11.3. The van der Waals surface area contributed by atoms with E-state index in [0.717, 1.165) is 17.7 Å². The van der Waals surface area contributed by atoms with Crippen LogP contribution in [0.15, 0.2) is 24.3 Å². The predicted molar refractivity (Wildman–Crippen MR) is 66.6 cm³/mol. The standard InChI is InChI=1S/C12H17NO3S/c1-2-17(14,15)13-8-10-7-11-5-3-4-6-12(11)16-9-10/h3-6,10,13H,2,7-9H2,1H3/t10-/m0/s1. The van der Waals surface area contributed by atoms with E-state index in [9.17, 15) is 8.42 Å². The number of hydrogen-bond acceptors (Lipinski definition) is 3. The molecule has 0 fully saturated rings. The molecule has 0 radical (unpaired) electrons. The second kappa shape index (κ2) is 5.06. The smallest absolute Gasteiger partial charge is 0.211 e. The third-order valence-corrected chi connectivity index (χ3v) is 4.29. The van der Waals surface area contributed by atoms with Gasteiger partial charge in [0.15, 0.2) is 0 Å². The van der Waals surface area contributed by atoms with E-state index >= 15 is 0 Å². The van der Waals surface area contributed by atoms with Gasteiger partial charge in [-0.25, -0.2) is 13.1 Å². The Morgan fingerprint density at radius 3 is 2.94 bits per heavy atom. The first-order valence-electron chi connectivity index (χ1n) is 5.79. The molecule has 1 atom stereocenters. The molecule has 1 aliphatic rings. The highest BCUT2D eigenvalue weighted by Gasteiger charge is 2.20. The number of hydrogen-bond donors (Lipinski definition) is 1. The fourth-order valence-corrected chi connectivity index (χ4v) is 2.56. The fourth-order valence-electron chi connectivity index (χ4n) is 1.87. The molecule has 0 saturated carbocycles. The van der Waals surface area contributed by atoms with Gasteiger partial charge in [-0.2, -0.15) is 0 Å². The predicted octanol–water partition coefficient (Wildman–Crippen LogP) is 1.18. The zero-order valence-electron chi connectivity index (χ0n) is 9.85. The monoisotopic (exact) mass is 255 g/mol. The first-order valence-corrected chi connectivity index (χ1v) is 7.44. The third kappa shape index (κ3) is 3.20. The average Bonchev–Trinajstić information content (AvgIpc) is 2.36. The summed E-state index contributed by atoms with van der Waals surface area (Å²) in [6, 6.07) is 7.89. The van der Waals surface area contributed by atoms with Gasteiger partial charge in [0.05, 0.1) is 12.4 Å². The molecule has 4 nitrogen and oxygen atoms in total. The van der Waals surface area contributed by atoms with Crippen molar-refractivity contribution in [3.05, 3.63) is 29.8 Å². The van der Waals surface area contributed by atoms with Crippen LogP contribution in [-0.2, 0) is 16.4 Å². The van der Waals surface area contributed by atoms with E-state index in [4.69, 9.17) is 4.74 Å². The number of rotatable bonds is 4. The van der Waals surface area contributed by atoms with Crippen molar-refractivity contribution in [1.82, 2.24) is 4.72 Å². The highest BCUT2D eigenvalue weighted by Crippen LogP contribution is 2.26. The van der Waals surface area contributed by atoms with Crippen molar-refractivity contribution in [1.29, 1.82) is 0 Å². The molecule has 0 amide bonds. The first-order chi connectivity index (χ1) is 8.11. The summed E-state index contributed by atoms with van der Waals surface area (Å²) >= 11 is 0. The highest BCUT2D eigenvalue weighted by molar-refractivity contribution is 7.89. The van der Waals surface area contributed by atoms with E-state index in [1.54, 1.807) is 6.92 Å². The molecule has 0 aromatic heterocycles. The number of fused-ring (bicyclic) bond motifs is 1. The molecule has 0 aliphatic carbocycles. The Bertz CT molecular complexity index is 484. The first kappa shape index (κ1) is 12.4.